The van der Waals surface area contributed by atoms with Gasteiger partial charge in [-0.2, -0.15) is 0 Å². The van der Waals surface area contributed by atoms with Crippen molar-refractivity contribution in [1.29, 1.82) is 0 Å². The molecule has 0 radical (unpaired) electrons. The van der Waals surface area contributed by atoms with Gasteiger partial charge in [0.05, 0.1) is 5.57 Å². The molecule has 0 bridgehead atoms. The van der Waals surface area contributed by atoms with Crippen molar-refractivity contribution in [2.75, 3.05) is 6.61 Å². The van der Waals surface area contributed by atoms with Crippen LogP contribution in [0.1, 0.15) is 6.92 Å². The molecule has 0 spiro atoms. The Bertz CT molecular complexity index is 305. The van der Waals surface area contributed by atoms with Gasteiger partial charge in [0.25, 0.3) is 0 Å². The molecule has 2 aliphatic heterocycles. The predicted molar refractivity (Wildman–Crippen MR) is 48.5 cm³/mol. The molecule has 0 aromatic rings. The first kappa shape index (κ1) is 9.43. The minimum absolute atomic E-state index is 0.255. The van der Waals surface area contributed by atoms with Crippen LogP contribution < -0.4 is 0 Å². The first-order chi connectivity index (χ1) is 6.72. The van der Waals surface area contributed by atoms with Crippen LogP contribution in [0.4, 0.5) is 0 Å². The van der Waals surface area contributed by atoms with Crippen LogP contribution >= 0.6 is 0 Å². The number of carbonyl (C=O) groups is 1. The quantitative estimate of drug-likeness (QED) is 0.480. The van der Waals surface area contributed by atoms with Crippen molar-refractivity contribution in [2.45, 2.75) is 25.2 Å². The van der Waals surface area contributed by atoms with Crippen molar-refractivity contribution in [3.63, 3.8) is 0 Å². The van der Waals surface area contributed by atoms with Crippen molar-refractivity contribution in [3.8, 4) is 0 Å². The van der Waals surface area contributed by atoms with Gasteiger partial charge >= 0.3 is 5.97 Å². The standard InChI is InChI=1S/C10H12O4/c1-2-3-8-7(11)4-6-9(14-8)5-13-10(6)12/h2-4,7-9,11H,5H2,1H3/b3-2+/t7-,8-,9+/m1/s1. The number of hydrogen-bond acceptors (Lipinski definition) is 4. The van der Waals surface area contributed by atoms with E-state index in [2.05, 4.69) is 0 Å². The molecule has 4 nitrogen and oxygen atoms in total. The fourth-order valence-electron chi connectivity index (χ4n) is 1.64. The van der Waals surface area contributed by atoms with Gasteiger partial charge in [-0.05, 0) is 13.0 Å². The Morgan fingerprint density at radius 3 is 3.14 bits per heavy atom. The number of ether oxygens (including phenoxy) is 2. The summed E-state index contributed by atoms with van der Waals surface area (Å²) in [7, 11) is 0. The first-order valence-corrected chi connectivity index (χ1v) is 4.57. The van der Waals surface area contributed by atoms with Crippen LogP contribution in [0.25, 0.3) is 0 Å². The second-order valence-electron chi connectivity index (χ2n) is 3.33. The summed E-state index contributed by atoms with van der Waals surface area (Å²) >= 11 is 0. The Morgan fingerprint density at radius 2 is 2.43 bits per heavy atom. The zero-order chi connectivity index (χ0) is 10.1. The number of cyclic esters (lactones) is 1. The van der Waals surface area contributed by atoms with E-state index in [1.807, 2.05) is 13.0 Å². The lowest BCUT2D eigenvalue weighted by molar-refractivity contribution is -0.135. The summed E-state index contributed by atoms with van der Waals surface area (Å²) in [5.74, 6) is -0.382. The van der Waals surface area contributed by atoms with Gasteiger partial charge < -0.3 is 14.6 Å². The molecule has 0 saturated carbocycles. The van der Waals surface area contributed by atoms with Gasteiger partial charge in [-0.15, -0.1) is 0 Å². The molecule has 1 fully saturated rings. The molecule has 4 heteroatoms. The maximum absolute atomic E-state index is 11.1. The average molecular weight is 196 g/mol. The summed E-state index contributed by atoms with van der Waals surface area (Å²) < 4.78 is 10.3. The SMILES string of the molecule is C/C=C/[C@H]1O[C@H]2COC(=O)C2=C[C@H]1O. The Kier molecular flexibility index (Phi) is 2.39. The van der Waals surface area contributed by atoms with E-state index in [1.165, 1.54) is 6.08 Å². The van der Waals surface area contributed by atoms with Crippen molar-refractivity contribution < 1.29 is 19.4 Å². The number of aliphatic hydroxyl groups excluding tert-OH is 1. The normalized spacial score (nSPS) is 36.9. The van der Waals surface area contributed by atoms with Crippen molar-refractivity contribution >= 4 is 5.97 Å². The Hall–Kier alpha value is -1.13. The van der Waals surface area contributed by atoms with Gasteiger partial charge in [-0.1, -0.05) is 12.2 Å². The van der Waals surface area contributed by atoms with Crippen LogP contribution in [-0.2, 0) is 14.3 Å². The monoisotopic (exact) mass is 196 g/mol. The van der Waals surface area contributed by atoms with E-state index in [-0.39, 0.29) is 24.8 Å². The number of esters is 1. The summed E-state index contributed by atoms with van der Waals surface area (Å²) in [6.45, 7) is 2.11. The molecule has 14 heavy (non-hydrogen) atoms. The molecule has 2 aliphatic rings. The first-order valence-electron chi connectivity index (χ1n) is 4.57. The fraction of sp³-hybridized carbons (Fsp3) is 0.500. The van der Waals surface area contributed by atoms with Crippen LogP contribution in [-0.4, -0.2) is 36.0 Å². The van der Waals surface area contributed by atoms with Gasteiger partial charge in [-0.25, -0.2) is 4.79 Å². The number of allylic oxidation sites excluding steroid dienone is 1. The number of aliphatic hydroxyl groups is 1. The van der Waals surface area contributed by atoms with Crippen LogP contribution in [0.3, 0.4) is 0 Å². The Morgan fingerprint density at radius 1 is 1.64 bits per heavy atom. The second kappa shape index (κ2) is 3.55. The predicted octanol–water partition coefficient (Wildman–Crippen LogP) is 0.174. The molecule has 1 N–H and O–H groups in total. The molecule has 2 heterocycles. The summed E-state index contributed by atoms with van der Waals surface area (Å²) in [5.41, 5.74) is 0.443. The van der Waals surface area contributed by atoms with E-state index in [9.17, 15) is 9.90 Å². The molecule has 0 aromatic heterocycles. The minimum atomic E-state index is -0.761. The summed E-state index contributed by atoms with van der Waals surface area (Å²) in [4.78, 5) is 11.1. The molecule has 0 aromatic carbocycles. The molecular formula is C10H12O4. The van der Waals surface area contributed by atoms with E-state index < -0.39 is 6.10 Å². The van der Waals surface area contributed by atoms with E-state index in [4.69, 9.17) is 9.47 Å². The fourth-order valence-corrected chi connectivity index (χ4v) is 1.64. The number of fused-ring (bicyclic) bond motifs is 1. The minimum Gasteiger partial charge on any atom is -0.459 e. The third-order valence-electron chi connectivity index (χ3n) is 2.34. The molecule has 2 rings (SSSR count). The zero-order valence-corrected chi connectivity index (χ0v) is 7.84. The highest BCUT2D eigenvalue weighted by Gasteiger charge is 2.38. The van der Waals surface area contributed by atoms with E-state index in [0.717, 1.165) is 0 Å². The van der Waals surface area contributed by atoms with Crippen molar-refractivity contribution in [2.24, 2.45) is 0 Å². The molecule has 0 aliphatic carbocycles. The maximum Gasteiger partial charge on any atom is 0.336 e. The highest BCUT2D eigenvalue weighted by molar-refractivity contribution is 5.92. The average Bonchev–Trinajstić information content (AvgIpc) is 2.50. The molecular weight excluding hydrogens is 184 g/mol. The van der Waals surface area contributed by atoms with Gasteiger partial charge in [0.15, 0.2) is 0 Å². The number of carbonyl (C=O) groups excluding carboxylic acids is 1. The van der Waals surface area contributed by atoms with Crippen molar-refractivity contribution in [3.05, 3.63) is 23.8 Å². The second-order valence-corrected chi connectivity index (χ2v) is 3.33. The largest absolute Gasteiger partial charge is 0.459 e. The highest BCUT2D eigenvalue weighted by Crippen LogP contribution is 2.26. The smallest absolute Gasteiger partial charge is 0.336 e. The van der Waals surface area contributed by atoms with E-state index in [0.29, 0.717) is 5.57 Å². The van der Waals surface area contributed by atoms with Gasteiger partial charge in [0.1, 0.15) is 24.9 Å². The van der Waals surface area contributed by atoms with E-state index in [1.54, 1.807) is 6.08 Å². The van der Waals surface area contributed by atoms with Crippen LogP contribution in [0, 0.1) is 0 Å². The summed E-state index contributed by atoms with van der Waals surface area (Å²) in [6, 6.07) is 0. The topological polar surface area (TPSA) is 55.8 Å². The summed E-state index contributed by atoms with van der Waals surface area (Å²) in [5, 5.41) is 9.60. The maximum atomic E-state index is 11.1. The number of rotatable bonds is 1. The van der Waals surface area contributed by atoms with Crippen LogP contribution in [0.15, 0.2) is 23.8 Å². The van der Waals surface area contributed by atoms with Crippen molar-refractivity contribution in [1.82, 2.24) is 0 Å². The molecule has 76 valence electrons. The third kappa shape index (κ3) is 1.47. The summed E-state index contributed by atoms with van der Waals surface area (Å²) in [6.07, 6.45) is 3.65. The third-order valence-corrected chi connectivity index (χ3v) is 2.34. The Balaban J connectivity index is 2.21. The molecule has 0 amide bonds. The van der Waals surface area contributed by atoms with Gasteiger partial charge in [0.2, 0.25) is 0 Å². The Labute approximate surface area is 81.8 Å². The molecule has 0 unspecified atom stereocenters. The molecule has 3 atom stereocenters. The number of hydrogen-bond donors (Lipinski definition) is 1. The van der Waals surface area contributed by atoms with Gasteiger partial charge in [-0.3, -0.25) is 0 Å². The molecule has 1 saturated heterocycles. The zero-order valence-electron chi connectivity index (χ0n) is 7.84. The van der Waals surface area contributed by atoms with E-state index >= 15 is 0 Å². The highest BCUT2D eigenvalue weighted by atomic mass is 16.6. The van der Waals surface area contributed by atoms with Crippen LogP contribution in [0.2, 0.25) is 0 Å². The lowest BCUT2D eigenvalue weighted by Crippen LogP contribution is -2.36. The van der Waals surface area contributed by atoms with Gasteiger partial charge in [0, 0.05) is 0 Å². The lowest BCUT2D eigenvalue weighted by atomic mass is 10.0. The lowest BCUT2D eigenvalue weighted by Gasteiger charge is -2.26. The van der Waals surface area contributed by atoms with Crippen LogP contribution in [0.5, 0.6) is 0 Å².